The normalized spacial score (nSPS) is 10.5. The summed E-state index contributed by atoms with van der Waals surface area (Å²) >= 11 is 0. The van der Waals surface area contributed by atoms with Gasteiger partial charge in [-0.15, -0.1) is 0 Å². The molecule has 2 rings (SSSR count). The van der Waals surface area contributed by atoms with E-state index in [1.165, 1.54) is 7.11 Å². The maximum Gasteiger partial charge on any atom is 0.272 e. The Morgan fingerprint density at radius 3 is 2.70 bits per heavy atom. The van der Waals surface area contributed by atoms with E-state index in [1.807, 2.05) is 30.3 Å². The first-order valence-corrected chi connectivity index (χ1v) is 6.53. The first-order chi connectivity index (χ1) is 9.74. The molecule has 0 unspecified atom stereocenters. The van der Waals surface area contributed by atoms with Crippen LogP contribution in [0, 0.1) is 0 Å². The number of aliphatic hydroxyl groups excluding tert-OH is 1. The number of benzene rings is 1. The number of ether oxygens (including phenoxy) is 1. The molecule has 0 saturated carbocycles. The van der Waals surface area contributed by atoms with Gasteiger partial charge in [0.1, 0.15) is 5.69 Å². The summed E-state index contributed by atoms with van der Waals surface area (Å²) in [5.41, 5.74) is 1.33. The van der Waals surface area contributed by atoms with Crippen molar-refractivity contribution in [3.05, 3.63) is 58.1 Å². The van der Waals surface area contributed by atoms with E-state index in [2.05, 4.69) is 4.98 Å². The molecule has 106 valence electrons. The standard InChI is InChI=1S/C15H18N2O3/c1-20-14-11-17(10-12-6-3-2-4-7-12)15(19)13(16-14)8-5-9-18/h2-4,6-7,11,18H,5,8-10H2,1H3. The van der Waals surface area contributed by atoms with Crippen molar-refractivity contribution in [2.45, 2.75) is 19.4 Å². The Morgan fingerprint density at radius 1 is 1.30 bits per heavy atom. The summed E-state index contributed by atoms with van der Waals surface area (Å²) < 4.78 is 6.73. The SMILES string of the molecule is COc1cn(Cc2ccccc2)c(=O)c(CCCO)n1. The minimum atomic E-state index is -0.136. The number of nitrogens with zero attached hydrogens (tertiary/aromatic N) is 2. The molecule has 1 N–H and O–H groups in total. The molecule has 0 aliphatic carbocycles. The van der Waals surface area contributed by atoms with Crippen LogP contribution in [0.1, 0.15) is 17.7 Å². The molecule has 5 heteroatoms. The van der Waals surface area contributed by atoms with Crippen LogP contribution in [0.15, 0.2) is 41.3 Å². The zero-order chi connectivity index (χ0) is 14.4. The Balaban J connectivity index is 2.33. The molecule has 0 atom stereocenters. The van der Waals surface area contributed by atoms with Crippen molar-refractivity contribution in [3.63, 3.8) is 0 Å². The predicted octanol–water partition coefficient (Wildman–Crippen LogP) is 1.23. The van der Waals surface area contributed by atoms with Crippen LogP contribution >= 0.6 is 0 Å². The zero-order valence-electron chi connectivity index (χ0n) is 11.5. The summed E-state index contributed by atoms with van der Waals surface area (Å²) in [6.45, 7) is 0.516. The highest BCUT2D eigenvalue weighted by molar-refractivity contribution is 5.17. The lowest BCUT2D eigenvalue weighted by atomic mass is 10.2. The van der Waals surface area contributed by atoms with Crippen LogP contribution in [0.4, 0.5) is 0 Å². The second-order valence-electron chi connectivity index (χ2n) is 4.48. The van der Waals surface area contributed by atoms with Crippen LogP contribution in [0.25, 0.3) is 0 Å². The average Bonchev–Trinajstić information content (AvgIpc) is 2.49. The summed E-state index contributed by atoms with van der Waals surface area (Å²) in [6, 6.07) is 9.74. The molecule has 0 aliphatic heterocycles. The fourth-order valence-corrected chi connectivity index (χ4v) is 1.97. The summed E-state index contributed by atoms with van der Waals surface area (Å²) in [4.78, 5) is 16.5. The Labute approximate surface area is 117 Å². The topological polar surface area (TPSA) is 64.3 Å². The molecule has 20 heavy (non-hydrogen) atoms. The number of aliphatic hydroxyl groups is 1. The van der Waals surface area contributed by atoms with Gasteiger partial charge in [-0.3, -0.25) is 4.79 Å². The van der Waals surface area contributed by atoms with Gasteiger partial charge in [0.15, 0.2) is 0 Å². The lowest BCUT2D eigenvalue weighted by Gasteiger charge is -2.10. The summed E-state index contributed by atoms with van der Waals surface area (Å²) in [5.74, 6) is 0.411. The van der Waals surface area contributed by atoms with Gasteiger partial charge in [-0.25, -0.2) is 4.98 Å². The molecule has 0 amide bonds. The number of aryl methyl sites for hydroxylation is 1. The quantitative estimate of drug-likeness (QED) is 0.860. The highest BCUT2D eigenvalue weighted by Gasteiger charge is 2.09. The van der Waals surface area contributed by atoms with E-state index in [0.29, 0.717) is 31.0 Å². The van der Waals surface area contributed by atoms with Crippen LogP contribution in [-0.2, 0) is 13.0 Å². The van der Waals surface area contributed by atoms with E-state index in [4.69, 9.17) is 9.84 Å². The van der Waals surface area contributed by atoms with E-state index in [-0.39, 0.29) is 12.2 Å². The van der Waals surface area contributed by atoms with E-state index < -0.39 is 0 Å². The number of hydrogen-bond donors (Lipinski definition) is 1. The molecule has 0 fully saturated rings. The Hall–Kier alpha value is -2.14. The van der Waals surface area contributed by atoms with Gasteiger partial charge >= 0.3 is 0 Å². The van der Waals surface area contributed by atoms with Crippen molar-refractivity contribution >= 4 is 0 Å². The monoisotopic (exact) mass is 274 g/mol. The number of aromatic nitrogens is 2. The van der Waals surface area contributed by atoms with Crippen LogP contribution in [0.5, 0.6) is 5.88 Å². The van der Waals surface area contributed by atoms with Crippen LogP contribution < -0.4 is 10.3 Å². The number of methoxy groups -OCH3 is 1. The van der Waals surface area contributed by atoms with Gasteiger partial charge in [0.2, 0.25) is 5.88 Å². The third-order valence-electron chi connectivity index (χ3n) is 3.00. The maximum atomic E-state index is 12.3. The largest absolute Gasteiger partial charge is 0.480 e. The van der Waals surface area contributed by atoms with Gasteiger partial charge in [0.25, 0.3) is 5.56 Å². The third-order valence-corrected chi connectivity index (χ3v) is 3.00. The van der Waals surface area contributed by atoms with Crippen molar-refractivity contribution in [2.75, 3.05) is 13.7 Å². The van der Waals surface area contributed by atoms with E-state index in [9.17, 15) is 4.79 Å². The lowest BCUT2D eigenvalue weighted by molar-refractivity contribution is 0.287. The van der Waals surface area contributed by atoms with Gasteiger partial charge in [0, 0.05) is 6.61 Å². The fourth-order valence-electron chi connectivity index (χ4n) is 1.97. The van der Waals surface area contributed by atoms with Crippen LogP contribution in [-0.4, -0.2) is 28.4 Å². The number of hydrogen-bond acceptors (Lipinski definition) is 4. The van der Waals surface area contributed by atoms with Crippen molar-refractivity contribution < 1.29 is 9.84 Å². The highest BCUT2D eigenvalue weighted by atomic mass is 16.5. The minimum absolute atomic E-state index is 0.0387. The van der Waals surface area contributed by atoms with Gasteiger partial charge in [0.05, 0.1) is 19.9 Å². The first-order valence-electron chi connectivity index (χ1n) is 6.53. The van der Waals surface area contributed by atoms with E-state index in [0.717, 1.165) is 5.56 Å². The molecule has 0 saturated heterocycles. The molecular formula is C15H18N2O3. The van der Waals surface area contributed by atoms with Crippen molar-refractivity contribution in [3.8, 4) is 5.88 Å². The van der Waals surface area contributed by atoms with E-state index in [1.54, 1.807) is 10.8 Å². The summed E-state index contributed by atoms with van der Waals surface area (Å²) in [6.07, 6.45) is 2.57. The molecule has 1 aromatic heterocycles. The molecule has 1 aromatic carbocycles. The molecule has 5 nitrogen and oxygen atoms in total. The zero-order valence-corrected chi connectivity index (χ0v) is 11.5. The third kappa shape index (κ3) is 3.45. The molecular weight excluding hydrogens is 256 g/mol. The predicted molar refractivity (Wildman–Crippen MR) is 76.0 cm³/mol. The lowest BCUT2D eigenvalue weighted by Crippen LogP contribution is -2.26. The van der Waals surface area contributed by atoms with Crippen LogP contribution in [0.2, 0.25) is 0 Å². The molecule has 0 radical (unpaired) electrons. The summed E-state index contributed by atoms with van der Waals surface area (Å²) in [7, 11) is 1.52. The average molecular weight is 274 g/mol. The summed E-state index contributed by atoms with van der Waals surface area (Å²) in [5, 5.41) is 8.88. The van der Waals surface area contributed by atoms with Gasteiger partial charge in [-0.1, -0.05) is 30.3 Å². The maximum absolute atomic E-state index is 12.3. The first kappa shape index (κ1) is 14.3. The Bertz CT molecular complexity index is 608. The molecule has 2 aromatic rings. The van der Waals surface area contributed by atoms with Crippen molar-refractivity contribution in [1.82, 2.24) is 9.55 Å². The second kappa shape index (κ2) is 6.86. The van der Waals surface area contributed by atoms with E-state index >= 15 is 0 Å². The number of rotatable bonds is 6. The van der Waals surface area contributed by atoms with Gasteiger partial charge < -0.3 is 14.4 Å². The second-order valence-corrected chi connectivity index (χ2v) is 4.48. The van der Waals surface area contributed by atoms with Crippen molar-refractivity contribution in [2.24, 2.45) is 0 Å². The Kier molecular flexibility index (Phi) is 4.90. The molecule has 1 heterocycles. The Morgan fingerprint density at radius 2 is 2.05 bits per heavy atom. The minimum Gasteiger partial charge on any atom is -0.480 e. The molecule has 0 bridgehead atoms. The smallest absolute Gasteiger partial charge is 0.272 e. The van der Waals surface area contributed by atoms with Gasteiger partial charge in [-0.05, 0) is 18.4 Å². The molecule has 0 spiro atoms. The fraction of sp³-hybridized carbons (Fsp3) is 0.333. The van der Waals surface area contributed by atoms with Crippen molar-refractivity contribution in [1.29, 1.82) is 0 Å². The highest BCUT2D eigenvalue weighted by Crippen LogP contribution is 2.08. The molecule has 0 aliphatic rings. The van der Waals surface area contributed by atoms with Gasteiger partial charge in [-0.2, -0.15) is 0 Å². The van der Waals surface area contributed by atoms with Crippen LogP contribution in [0.3, 0.4) is 0 Å².